The van der Waals surface area contributed by atoms with Gasteiger partial charge in [-0.2, -0.15) is 10.5 Å². The molecule has 6 aromatic carbocycles. The summed E-state index contributed by atoms with van der Waals surface area (Å²) >= 11 is 0. The maximum Gasteiger partial charge on any atom is 2.00 e. The van der Waals surface area contributed by atoms with Crippen LogP contribution in [0.15, 0.2) is 182 Å². The van der Waals surface area contributed by atoms with Crippen LogP contribution in [0.2, 0.25) is 0 Å². The Balaban J connectivity index is 0.000000413. The number of nitrogens with zero attached hydrogens (tertiary/aromatic N) is 2. The quantitative estimate of drug-likeness (QED) is 0.0948. The van der Waals surface area contributed by atoms with Gasteiger partial charge < -0.3 is 34.5 Å². The van der Waals surface area contributed by atoms with Crippen molar-refractivity contribution in [3.63, 3.8) is 0 Å². The van der Waals surface area contributed by atoms with Crippen LogP contribution in [0.25, 0.3) is 0 Å². The largest absolute Gasteiger partial charge is 2.00 e. The zero-order valence-electron chi connectivity index (χ0n) is 33.6. The first kappa shape index (κ1) is 57.9. The molecule has 10 radical (unpaired) electrons. The Kier molecular flexibility index (Phi) is 29.5. The van der Waals surface area contributed by atoms with Crippen LogP contribution in [-0.2, 0) is 37.5 Å². The van der Waals surface area contributed by atoms with Crippen molar-refractivity contribution in [3.8, 4) is 12.1 Å². The van der Waals surface area contributed by atoms with Crippen LogP contribution in [0.1, 0.15) is 11.1 Å². The van der Waals surface area contributed by atoms with Crippen LogP contribution in [0.5, 0.6) is 0 Å². The normalized spacial score (nSPS) is 13.0. The van der Waals surface area contributed by atoms with Crippen LogP contribution in [-0.4, -0.2) is 14.5 Å². The predicted molar refractivity (Wildman–Crippen MR) is 242 cm³/mol. The van der Waals surface area contributed by atoms with Crippen LogP contribution in [0.4, 0.5) is 34.5 Å². The predicted octanol–water partition coefficient (Wildman–Crippen LogP) is 12.7. The van der Waals surface area contributed by atoms with Gasteiger partial charge in [-0.1, -0.05) is 158 Å². The van der Waals surface area contributed by atoms with Crippen molar-refractivity contribution in [1.82, 2.24) is 0 Å². The van der Waals surface area contributed by atoms with Crippen LogP contribution in [0.3, 0.4) is 0 Å². The third-order valence-electron chi connectivity index (χ3n) is 7.67. The average molecular weight is 1040 g/mol. The molecule has 2 nitrogen and oxygen atoms in total. The molecule has 0 heterocycles. The van der Waals surface area contributed by atoms with E-state index in [1.165, 1.54) is 32.5 Å². The van der Waals surface area contributed by atoms with Gasteiger partial charge in [0.2, 0.25) is 0 Å². The number of halogens is 8. The zero-order valence-corrected chi connectivity index (χ0v) is 38.0. The van der Waals surface area contributed by atoms with Gasteiger partial charge in [-0.05, 0) is 113 Å². The summed E-state index contributed by atoms with van der Waals surface area (Å²) in [5.41, 5.74) is 4.27. The van der Waals surface area contributed by atoms with Gasteiger partial charge in [0.05, 0.1) is 23.3 Å². The second-order valence-electron chi connectivity index (χ2n) is 12.2. The standard InChI is InChI=1S/2C17H14P.2C7H5N.2BF4.Fe.Pd/c2*1-3-9-15(10-4-1)18(17-13-7-8-14-17)16-11-5-2-6-12-16;2*8-6-7-4-2-1-3-5-7;2*2-1(3,4)5;;/h2*1-14H;2*1-5H;;;;/q;;;;2*-1;2*+2. The van der Waals surface area contributed by atoms with E-state index in [9.17, 15) is 34.5 Å². The Hall–Kier alpha value is -4.09. The van der Waals surface area contributed by atoms with E-state index < -0.39 is 30.4 Å². The SMILES string of the molecule is F[B-](F)(F)F.F[B-](F)(F)F.N#Cc1ccccc1.N#Cc1ccccc1.[CH]1[CH][CH][C](P(c2ccccc2)c2ccccc2)[CH]1.[CH]1[CH][CH][C](P(c2ccccc2)c2ccccc2)[CH]1.[Fe+2].[Pd+2]. The van der Waals surface area contributed by atoms with Gasteiger partial charge in [0.1, 0.15) is 0 Å². The fourth-order valence-electron chi connectivity index (χ4n) is 5.25. The molecule has 0 atom stereocenters. The molecule has 0 aliphatic heterocycles. The third-order valence-corrected chi connectivity index (χ3v) is 12.6. The van der Waals surface area contributed by atoms with E-state index in [0.717, 1.165) is 0 Å². The molecule has 0 spiro atoms. The van der Waals surface area contributed by atoms with Crippen LogP contribution >= 0.6 is 15.8 Å². The number of benzene rings is 6. The van der Waals surface area contributed by atoms with Crippen molar-refractivity contribution in [2.24, 2.45) is 0 Å². The fourth-order valence-corrected chi connectivity index (χ4v) is 9.86. The minimum absolute atomic E-state index is 0. The molecule has 2 saturated carbocycles. The number of rotatable bonds is 6. The monoisotopic (exact) mass is 1040 g/mol. The summed E-state index contributed by atoms with van der Waals surface area (Å²) in [6.07, 6.45) is 17.4. The Morgan fingerprint density at radius 3 is 0.656 bits per heavy atom. The first-order valence-electron chi connectivity index (χ1n) is 18.7. The van der Waals surface area contributed by atoms with E-state index in [1.54, 1.807) is 24.3 Å². The molecule has 0 saturated heterocycles. The van der Waals surface area contributed by atoms with E-state index in [1.807, 2.05) is 48.5 Å². The molecule has 0 unspecified atom stereocenters. The maximum atomic E-state index is 9.75. The van der Waals surface area contributed by atoms with Crippen molar-refractivity contribution in [2.75, 3.05) is 0 Å². The smallest absolute Gasteiger partial charge is 0.418 e. The molecule has 328 valence electrons. The molecule has 2 aliphatic carbocycles. The van der Waals surface area contributed by atoms with Gasteiger partial charge in [-0.25, -0.2) is 0 Å². The van der Waals surface area contributed by atoms with E-state index in [-0.39, 0.29) is 37.5 Å². The molecule has 0 N–H and O–H groups in total. The zero-order chi connectivity index (χ0) is 45.1. The second-order valence-corrected chi connectivity index (χ2v) is 16.7. The molecule has 64 heavy (non-hydrogen) atoms. The minimum Gasteiger partial charge on any atom is -0.418 e. The minimum atomic E-state index is -6.00. The Morgan fingerprint density at radius 2 is 0.500 bits per heavy atom. The van der Waals surface area contributed by atoms with Gasteiger partial charge >= 0.3 is 52.0 Å². The van der Waals surface area contributed by atoms with Gasteiger partial charge in [-0.3, -0.25) is 0 Å². The molecule has 0 aromatic heterocycles. The topological polar surface area (TPSA) is 47.6 Å². The molecule has 8 rings (SSSR count). The summed E-state index contributed by atoms with van der Waals surface area (Å²) in [4.78, 5) is 0. The molecular formula is C48H38B2F8FeN2P2Pd+2. The van der Waals surface area contributed by atoms with Gasteiger partial charge in [-0.15, -0.1) is 0 Å². The first-order valence-corrected chi connectivity index (χ1v) is 21.3. The van der Waals surface area contributed by atoms with Crippen LogP contribution in [0, 0.1) is 85.3 Å². The van der Waals surface area contributed by atoms with Gasteiger partial charge in [0, 0.05) is 11.3 Å². The third kappa shape index (κ3) is 25.4. The fraction of sp³-hybridized carbons (Fsp3) is 0. The molecule has 0 amide bonds. The summed E-state index contributed by atoms with van der Waals surface area (Å²) in [5.74, 6) is 0. The molecule has 16 heteroatoms. The Labute approximate surface area is 399 Å². The Morgan fingerprint density at radius 1 is 0.328 bits per heavy atom. The van der Waals surface area contributed by atoms with E-state index in [4.69, 9.17) is 10.5 Å². The van der Waals surface area contributed by atoms with E-state index >= 15 is 0 Å². The van der Waals surface area contributed by atoms with Crippen molar-refractivity contribution in [2.45, 2.75) is 0 Å². The summed E-state index contributed by atoms with van der Waals surface area (Å²) in [6, 6.07) is 65.4. The first-order chi connectivity index (χ1) is 29.8. The molecular weight excluding hydrogens is 1000 g/mol. The average Bonchev–Trinajstić information content (AvgIpc) is 4.02. The van der Waals surface area contributed by atoms with Crippen LogP contribution < -0.4 is 21.2 Å². The molecule has 2 aliphatic rings. The van der Waals surface area contributed by atoms with Gasteiger partial charge in [0.15, 0.2) is 0 Å². The summed E-state index contributed by atoms with van der Waals surface area (Å²) < 4.78 is 78.0. The summed E-state index contributed by atoms with van der Waals surface area (Å²) in [7, 11) is -12.8. The second kappa shape index (κ2) is 32.5. The Bertz CT molecular complexity index is 1900. The molecule has 6 aromatic rings. The molecule has 0 bridgehead atoms. The van der Waals surface area contributed by atoms with E-state index in [0.29, 0.717) is 11.1 Å². The maximum absolute atomic E-state index is 9.75. The van der Waals surface area contributed by atoms with Gasteiger partial charge in [0.25, 0.3) is 0 Å². The summed E-state index contributed by atoms with van der Waals surface area (Å²) in [6.45, 7) is 0. The van der Waals surface area contributed by atoms with Crippen molar-refractivity contribution in [3.05, 3.63) is 256 Å². The number of hydrogen-bond donors (Lipinski definition) is 0. The van der Waals surface area contributed by atoms with Crippen molar-refractivity contribution in [1.29, 1.82) is 10.5 Å². The van der Waals surface area contributed by atoms with Crippen molar-refractivity contribution < 1.29 is 72.0 Å². The number of hydrogen-bond acceptors (Lipinski definition) is 2. The molecule has 2 fully saturated rings. The van der Waals surface area contributed by atoms with Crippen molar-refractivity contribution >= 4 is 51.6 Å². The number of nitriles is 2. The summed E-state index contributed by atoms with van der Waals surface area (Å²) in [5, 5.41) is 22.2. The van der Waals surface area contributed by atoms with E-state index in [2.05, 4.69) is 173 Å².